The molecule has 0 saturated heterocycles. The number of fused-ring (bicyclic) bond motifs is 1. The lowest BCUT2D eigenvalue weighted by Gasteiger charge is -2.11. The van der Waals surface area contributed by atoms with E-state index in [1.54, 1.807) is 7.11 Å². The average molecular weight is 231 g/mol. The summed E-state index contributed by atoms with van der Waals surface area (Å²) in [6.45, 7) is 2.12. The van der Waals surface area contributed by atoms with Crippen LogP contribution < -0.4 is 16.0 Å². The van der Waals surface area contributed by atoms with Crippen LogP contribution in [0.4, 0.5) is 5.69 Å². The van der Waals surface area contributed by atoms with E-state index in [1.165, 1.54) is 0 Å². The van der Waals surface area contributed by atoms with Crippen LogP contribution in [0.3, 0.4) is 0 Å². The fraction of sp³-hybridized carbons (Fsp3) is 0.308. The number of aryl methyl sites for hydroxylation is 1. The van der Waals surface area contributed by atoms with Crippen molar-refractivity contribution < 1.29 is 4.74 Å². The Balaban J connectivity index is 2.64. The van der Waals surface area contributed by atoms with Crippen molar-refractivity contribution in [2.45, 2.75) is 19.8 Å². The minimum atomic E-state index is 0.814. The second kappa shape index (κ2) is 5.01. The number of anilines is 1. The lowest BCUT2D eigenvalue weighted by atomic mass is 10.1. The molecule has 2 aromatic rings. The fourth-order valence-electron chi connectivity index (χ4n) is 1.94. The van der Waals surface area contributed by atoms with Gasteiger partial charge in [0, 0.05) is 5.39 Å². The first-order valence-corrected chi connectivity index (χ1v) is 5.73. The molecule has 0 amide bonds. The average Bonchev–Trinajstić information content (AvgIpc) is 2.37. The van der Waals surface area contributed by atoms with Gasteiger partial charge in [0.05, 0.1) is 24.0 Å². The summed E-state index contributed by atoms with van der Waals surface area (Å²) in [6.07, 6.45) is 1.95. The van der Waals surface area contributed by atoms with Crippen molar-refractivity contribution >= 4 is 16.6 Å². The van der Waals surface area contributed by atoms with Crippen molar-refractivity contribution in [3.05, 3.63) is 30.0 Å². The second-order valence-electron chi connectivity index (χ2n) is 3.90. The van der Waals surface area contributed by atoms with Gasteiger partial charge in [0.1, 0.15) is 5.75 Å². The maximum absolute atomic E-state index is 5.53. The normalized spacial score (nSPS) is 10.5. The molecule has 0 atom stereocenters. The van der Waals surface area contributed by atoms with Gasteiger partial charge >= 0.3 is 0 Å². The number of pyridine rings is 1. The third-order valence-electron chi connectivity index (χ3n) is 2.76. The number of nitrogen functional groups attached to an aromatic ring is 1. The summed E-state index contributed by atoms with van der Waals surface area (Å²) in [5, 5.41) is 0.975. The summed E-state index contributed by atoms with van der Waals surface area (Å²) in [5.41, 5.74) is 5.50. The number of methoxy groups -OCH3 is 1. The van der Waals surface area contributed by atoms with E-state index in [1.807, 2.05) is 24.3 Å². The highest BCUT2D eigenvalue weighted by Crippen LogP contribution is 2.28. The number of nitrogens with two attached hydrogens (primary N) is 1. The van der Waals surface area contributed by atoms with Gasteiger partial charge < -0.3 is 10.2 Å². The summed E-state index contributed by atoms with van der Waals surface area (Å²) < 4.78 is 5.32. The van der Waals surface area contributed by atoms with E-state index in [9.17, 15) is 0 Å². The van der Waals surface area contributed by atoms with Crippen molar-refractivity contribution in [2.75, 3.05) is 12.5 Å². The molecule has 0 aliphatic rings. The lowest BCUT2D eigenvalue weighted by Crippen LogP contribution is -2.10. The standard InChI is InChI=1S/C13H17N3O/c1-3-5-11-12(16-14)8-9-10(15-11)6-4-7-13(9)17-2/h4,6-8,16H,3,5,14H2,1-2H3. The largest absolute Gasteiger partial charge is 0.496 e. The van der Waals surface area contributed by atoms with Gasteiger partial charge in [-0.3, -0.25) is 10.8 Å². The molecule has 1 aromatic carbocycles. The van der Waals surface area contributed by atoms with Gasteiger partial charge in [-0.1, -0.05) is 19.4 Å². The number of hydrogen-bond donors (Lipinski definition) is 2. The summed E-state index contributed by atoms with van der Waals surface area (Å²) in [4.78, 5) is 4.62. The molecular weight excluding hydrogens is 214 g/mol. The zero-order valence-corrected chi connectivity index (χ0v) is 10.2. The van der Waals surface area contributed by atoms with Crippen molar-refractivity contribution in [1.82, 2.24) is 4.98 Å². The zero-order valence-electron chi connectivity index (χ0n) is 10.2. The van der Waals surface area contributed by atoms with Crippen LogP contribution in [0.25, 0.3) is 10.9 Å². The summed E-state index contributed by atoms with van der Waals surface area (Å²) in [5.74, 6) is 6.35. The van der Waals surface area contributed by atoms with Crippen LogP contribution in [0.2, 0.25) is 0 Å². The molecule has 4 nitrogen and oxygen atoms in total. The third kappa shape index (κ3) is 2.17. The first-order chi connectivity index (χ1) is 8.30. The molecule has 0 radical (unpaired) electrons. The predicted molar refractivity (Wildman–Crippen MR) is 70.1 cm³/mol. The molecule has 0 aliphatic carbocycles. The molecule has 17 heavy (non-hydrogen) atoms. The Bertz CT molecular complexity index is 525. The molecule has 2 rings (SSSR count). The number of hydrogen-bond acceptors (Lipinski definition) is 4. The molecule has 1 aromatic heterocycles. The predicted octanol–water partition coefficient (Wildman–Crippen LogP) is 2.48. The molecule has 0 bridgehead atoms. The Morgan fingerprint density at radius 1 is 1.41 bits per heavy atom. The van der Waals surface area contributed by atoms with Gasteiger partial charge in [-0.05, 0) is 24.6 Å². The van der Waals surface area contributed by atoms with E-state index in [0.29, 0.717) is 0 Å². The smallest absolute Gasteiger partial charge is 0.128 e. The van der Waals surface area contributed by atoms with Gasteiger partial charge in [-0.15, -0.1) is 0 Å². The lowest BCUT2D eigenvalue weighted by molar-refractivity contribution is 0.420. The van der Waals surface area contributed by atoms with Crippen LogP contribution in [0, 0.1) is 0 Å². The minimum Gasteiger partial charge on any atom is -0.496 e. The Morgan fingerprint density at radius 3 is 2.88 bits per heavy atom. The molecule has 1 heterocycles. The number of hydrazine groups is 1. The third-order valence-corrected chi connectivity index (χ3v) is 2.76. The highest BCUT2D eigenvalue weighted by molar-refractivity contribution is 5.88. The van der Waals surface area contributed by atoms with Crippen molar-refractivity contribution in [3.63, 3.8) is 0 Å². The Morgan fingerprint density at radius 2 is 2.24 bits per heavy atom. The Labute approximate surface area is 101 Å². The SMILES string of the molecule is CCCc1nc2cccc(OC)c2cc1NN. The fourth-order valence-corrected chi connectivity index (χ4v) is 1.94. The molecule has 0 aliphatic heterocycles. The highest BCUT2D eigenvalue weighted by Gasteiger charge is 2.08. The van der Waals surface area contributed by atoms with Crippen molar-refractivity contribution in [2.24, 2.45) is 5.84 Å². The first kappa shape index (κ1) is 11.7. The van der Waals surface area contributed by atoms with E-state index >= 15 is 0 Å². The van der Waals surface area contributed by atoms with Crippen LogP contribution in [-0.2, 0) is 6.42 Å². The first-order valence-electron chi connectivity index (χ1n) is 5.73. The zero-order chi connectivity index (χ0) is 12.3. The quantitative estimate of drug-likeness (QED) is 0.627. The van der Waals surface area contributed by atoms with Gasteiger partial charge in [-0.2, -0.15) is 0 Å². The Hall–Kier alpha value is -1.81. The van der Waals surface area contributed by atoms with Gasteiger partial charge in [0.2, 0.25) is 0 Å². The topological polar surface area (TPSA) is 60.2 Å². The van der Waals surface area contributed by atoms with Crippen LogP contribution in [0.1, 0.15) is 19.0 Å². The molecule has 0 fully saturated rings. The highest BCUT2D eigenvalue weighted by atomic mass is 16.5. The number of nitrogens with zero attached hydrogens (tertiary/aromatic N) is 1. The van der Waals surface area contributed by atoms with Crippen molar-refractivity contribution in [1.29, 1.82) is 0 Å². The molecule has 0 unspecified atom stereocenters. The van der Waals surface area contributed by atoms with E-state index < -0.39 is 0 Å². The van der Waals surface area contributed by atoms with Crippen LogP contribution in [0.5, 0.6) is 5.75 Å². The van der Waals surface area contributed by atoms with Crippen LogP contribution >= 0.6 is 0 Å². The van der Waals surface area contributed by atoms with E-state index in [0.717, 1.165) is 40.9 Å². The maximum Gasteiger partial charge on any atom is 0.128 e. The summed E-state index contributed by atoms with van der Waals surface area (Å²) in [6, 6.07) is 7.84. The number of ether oxygens (including phenoxy) is 1. The van der Waals surface area contributed by atoms with E-state index in [-0.39, 0.29) is 0 Å². The number of aromatic nitrogens is 1. The summed E-state index contributed by atoms with van der Waals surface area (Å²) >= 11 is 0. The van der Waals surface area contributed by atoms with E-state index in [4.69, 9.17) is 10.6 Å². The molecular formula is C13H17N3O. The molecule has 4 heteroatoms. The monoisotopic (exact) mass is 231 g/mol. The van der Waals surface area contributed by atoms with Gasteiger partial charge in [-0.25, -0.2) is 0 Å². The van der Waals surface area contributed by atoms with Crippen LogP contribution in [-0.4, -0.2) is 12.1 Å². The van der Waals surface area contributed by atoms with Gasteiger partial charge in [0.15, 0.2) is 0 Å². The molecule has 90 valence electrons. The molecule has 3 N–H and O–H groups in total. The number of nitrogens with one attached hydrogen (secondary N) is 1. The van der Waals surface area contributed by atoms with Crippen molar-refractivity contribution in [3.8, 4) is 5.75 Å². The maximum atomic E-state index is 5.53. The van der Waals surface area contributed by atoms with Gasteiger partial charge in [0.25, 0.3) is 0 Å². The molecule has 0 saturated carbocycles. The second-order valence-corrected chi connectivity index (χ2v) is 3.90. The Kier molecular flexibility index (Phi) is 3.44. The van der Waals surface area contributed by atoms with E-state index in [2.05, 4.69) is 17.3 Å². The summed E-state index contributed by atoms with van der Waals surface area (Å²) in [7, 11) is 1.66. The number of rotatable bonds is 4. The minimum absolute atomic E-state index is 0.814. The van der Waals surface area contributed by atoms with Crippen LogP contribution in [0.15, 0.2) is 24.3 Å². The number of benzene rings is 1. The molecule has 0 spiro atoms.